The van der Waals surface area contributed by atoms with Crippen molar-refractivity contribution in [2.45, 2.75) is 51.5 Å². The molecular formula is C40H38N8O6. The Kier molecular flexibility index (Phi) is 10.3. The molecule has 0 aliphatic heterocycles. The number of aromatic nitrogens is 4. The zero-order valence-electron chi connectivity index (χ0n) is 29.9. The minimum absolute atomic E-state index is 0.481. The van der Waals surface area contributed by atoms with Gasteiger partial charge in [-0.3, -0.25) is 9.59 Å². The second-order valence-electron chi connectivity index (χ2n) is 12.9. The largest absolute Gasteiger partial charge is 0.431 e. The standard InChI is InChI=1S/C40H38N8O6/c1-22-10-8-9-13-28(22)40(4,54-39(42)52)37(50)44-24(3)35-46-30-19-17-26(21-32(30)48-35)15-14-25-16-18-29-31(20-25)47-34(45-29)23(2)43-36(49)33(53-38(41)51)27-11-6-5-7-12-27/h5-13,16-21,23-24,33H,1-4H3,(H2,41,51)(H2,42,52)(H,43,49)(H,44,50)(H,45,47)(H,46,48)/t23?,24?,33-,40-/m0/s1. The van der Waals surface area contributed by atoms with Crippen LogP contribution in [0.5, 0.6) is 0 Å². The predicted molar refractivity (Wildman–Crippen MR) is 200 cm³/mol. The van der Waals surface area contributed by atoms with Crippen molar-refractivity contribution in [3.63, 3.8) is 0 Å². The maximum absolute atomic E-state index is 13.5. The first-order chi connectivity index (χ1) is 25.8. The summed E-state index contributed by atoms with van der Waals surface area (Å²) in [6, 6.07) is 25.7. The van der Waals surface area contributed by atoms with E-state index in [1.165, 1.54) is 6.92 Å². The minimum Gasteiger partial charge on any atom is -0.431 e. The van der Waals surface area contributed by atoms with Crippen molar-refractivity contribution in [2.75, 3.05) is 0 Å². The second-order valence-corrected chi connectivity index (χ2v) is 12.9. The number of benzene rings is 4. The lowest BCUT2D eigenvalue weighted by molar-refractivity contribution is -0.140. The topological polar surface area (TPSA) is 220 Å². The minimum atomic E-state index is -1.66. The normalized spacial score (nSPS) is 13.8. The summed E-state index contributed by atoms with van der Waals surface area (Å²) in [5.41, 5.74) is 14.9. The van der Waals surface area contributed by atoms with E-state index in [0.717, 1.165) is 22.2 Å². The van der Waals surface area contributed by atoms with Crippen LogP contribution >= 0.6 is 0 Å². The Morgan fingerprint density at radius 1 is 0.741 bits per heavy atom. The number of rotatable bonds is 10. The molecule has 6 aromatic rings. The fourth-order valence-corrected chi connectivity index (χ4v) is 6.08. The van der Waals surface area contributed by atoms with Gasteiger partial charge < -0.3 is 41.5 Å². The Morgan fingerprint density at radius 3 is 1.81 bits per heavy atom. The molecule has 4 amide bonds. The lowest BCUT2D eigenvalue weighted by atomic mass is 9.90. The third-order valence-corrected chi connectivity index (χ3v) is 8.85. The lowest BCUT2D eigenvalue weighted by Gasteiger charge is -2.30. The smallest absolute Gasteiger partial charge is 0.405 e. The highest BCUT2D eigenvalue weighted by Crippen LogP contribution is 2.30. The molecule has 8 N–H and O–H groups in total. The van der Waals surface area contributed by atoms with Crippen LogP contribution in [0.2, 0.25) is 0 Å². The van der Waals surface area contributed by atoms with Gasteiger partial charge in [0.05, 0.1) is 34.2 Å². The summed E-state index contributed by atoms with van der Waals surface area (Å²) in [7, 11) is 0. The number of carbonyl (C=O) groups is 4. The van der Waals surface area contributed by atoms with E-state index in [2.05, 4.69) is 42.4 Å². The molecule has 4 aromatic carbocycles. The molecule has 2 aromatic heterocycles. The lowest BCUT2D eigenvalue weighted by Crippen LogP contribution is -2.47. The number of nitrogens with zero attached hydrogens (tertiary/aromatic N) is 2. The summed E-state index contributed by atoms with van der Waals surface area (Å²) in [5, 5.41) is 5.73. The third kappa shape index (κ3) is 8.00. The fourth-order valence-electron chi connectivity index (χ4n) is 6.08. The molecule has 0 saturated heterocycles. The van der Waals surface area contributed by atoms with Gasteiger partial charge in [0.1, 0.15) is 11.6 Å². The molecule has 4 atom stereocenters. The average molecular weight is 727 g/mol. The van der Waals surface area contributed by atoms with Gasteiger partial charge >= 0.3 is 12.2 Å². The van der Waals surface area contributed by atoms with Gasteiger partial charge in [0, 0.05) is 22.3 Å². The molecule has 0 spiro atoms. The highest BCUT2D eigenvalue weighted by atomic mass is 16.6. The molecule has 0 aliphatic rings. The molecular weight excluding hydrogens is 688 g/mol. The maximum Gasteiger partial charge on any atom is 0.405 e. The van der Waals surface area contributed by atoms with E-state index in [1.807, 2.05) is 55.5 Å². The Balaban J connectivity index is 1.15. The van der Waals surface area contributed by atoms with Crippen LogP contribution in [0.3, 0.4) is 0 Å². The van der Waals surface area contributed by atoms with E-state index in [9.17, 15) is 19.2 Å². The van der Waals surface area contributed by atoms with Gasteiger partial charge in [0.2, 0.25) is 11.7 Å². The van der Waals surface area contributed by atoms with Crippen molar-refractivity contribution < 1.29 is 28.7 Å². The molecule has 0 fully saturated rings. The molecule has 54 heavy (non-hydrogen) atoms. The number of imidazole rings is 2. The van der Waals surface area contributed by atoms with Crippen molar-refractivity contribution in [1.29, 1.82) is 0 Å². The third-order valence-electron chi connectivity index (χ3n) is 8.85. The Morgan fingerprint density at radius 2 is 1.28 bits per heavy atom. The van der Waals surface area contributed by atoms with E-state index in [-0.39, 0.29) is 0 Å². The highest BCUT2D eigenvalue weighted by molar-refractivity contribution is 5.89. The summed E-state index contributed by atoms with van der Waals surface area (Å²) in [6.45, 7) is 6.85. The van der Waals surface area contributed by atoms with Gasteiger partial charge in [-0.15, -0.1) is 0 Å². The van der Waals surface area contributed by atoms with Crippen LogP contribution in [0.25, 0.3) is 22.1 Å². The molecule has 274 valence electrons. The van der Waals surface area contributed by atoms with Crippen LogP contribution in [0.1, 0.15) is 78.4 Å². The summed E-state index contributed by atoms with van der Waals surface area (Å²) in [5.74, 6) is 6.25. The highest BCUT2D eigenvalue weighted by Gasteiger charge is 2.41. The van der Waals surface area contributed by atoms with E-state index in [1.54, 1.807) is 56.3 Å². The van der Waals surface area contributed by atoms with Gasteiger partial charge in [-0.2, -0.15) is 0 Å². The number of H-pyrrole nitrogens is 2. The quantitative estimate of drug-likeness (QED) is 0.101. The monoisotopic (exact) mass is 726 g/mol. The number of ether oxygens (including phenoxy) is 2. The fraction of sp³-hybridized carbons (Fsp3) is 0.200. The number of fused-ring (bicyclic) bond motifs is 2. The van der Waals surface area contributed by atoms with Gasteiger partial charge in [-0.25, -0.2) is 19.6 Å². The summed E-state index contributed by atoms with van der Waals surface area (Å²) < 4.78 is 10.5. The Bertz CT molecular complexity index is 2450. The zero-order chi connectivity index (χ0) is 38.6. The van der Waals surface area contributed by atoms with Crippen molar-refractivity contribution >= 4 is 46.1 Å². The molecule has 0 radical (unpaired) electrons. The van der Waals surface area contributed by atoms with Crippen LogP contribution in [-0.2, 0) is 24.7 Å². The van der Waals surface area contributed by atoms with Gasteiger partial charge in [-0.1, -0.05) is 66.4 Å². The molecule has 14 heteroatoms. The van der Waals surface area contributed by atoms with Crippen LogP contribution in [0.4, 0.5) is 9.59 Å². The number of hydrogen-bond acceptors (Lipinski definition) is 8. The van der Waals surface area contributed by atoms with Gasteiger partial charge in [0.25, 0.3) is 11.8 Å². The van der Waals surface area contributed by atoms with Crippen LogP contribution in [-0.4, -0.2) is 43.9 Å². The number of hydrogen-bond donors (Lipinski definition) is 6. The number of aryl methyl sites for hydroxylation is 1. The first-order valence-electron chi connectivity index (χ1n) is 17.0. The van der Waals surface area contributed by atoms with E-state index >= 15 is 0 Å². The zero-order valence-corrected chi connectivity index (χ0v) is 29.9. The molecule has 0 saturated carbocycles. The first-order valence-corrected chi connectivity index (χ1v) is 17.0. The molecule has 6 rings (SSSR count). The van der Waals surface area contributed by atoms with Crippen LogP contribution in [0.15, 0.2) is 91.0 Å². The number of primary amides is 2. The Hall–Kier alpha value is -7.14. The SMILES string of the molecule is Cc1ccccc1[C@](C)(OC(N)=O)C(=O)NC(C)c1nc2ccc(C#Cc3ccc4nc(C(C)NC(=O)[C@@H](OC(N)=O)c5ccccc5)[nH]c4c3)cc2[nH]1. The predicted octanol–water partition coefficient (Wildman–Crippen LogP) is 5.35. The number of nitrogens with two attached hydrogens (primary N) is 2. The summed E-state index contributed by atoms with van der Waals surface area (Å²) in [4.78, 5) is 65.7. The summed E-state index contributed by atoms with van der Waals surface area (Å²) >= 11 is 0. The van der Waals surface area contributed by atoms with Crippen molar-refractivity contribution in [1.82, 2.24) is 30.6 Å². The van der Waals surface area contributed by atoms with Crippen molar-refractivity contribution in [3.8, 4) is 11.8 Å². The molecule has 0 bridgehead atoms. The van der Waals surface area contributed by atoms with Gasteiger partial charge in [0.15, 0.2) is 0 Å². The number of aromatic amines is 2. The average Bonchev–Trinajstić information content (AvgIpc) is 3.77. The van der Waals surface area contributed by atoms with Crippen molar-refractivity contribution in [3.05, 3.63) is 130 Å². The maximum atomic E-state index is 13.5. The molecule has 2 unspecified atom stereocenters. The number of carbonyl (C=O) groups excluding carboxylic acids is 4. The first kappa shape index (κ1) is 36.6. The Labute approximate surface area is 310 Å². The van der Waals surface area contributed by atoms with Crippen molar-refractivity contribution in [2.24, 2.45) is 11.5 Å². The van der Waals surface area contributed by atoms with Crippen LogP contribution < -0.4 is 22.1 Å². The molecule has 14 nitrogen and oxygen atoms in total. The second kappa shape index (κ2) is 15.2. The number of nitrogens with one attached hydrogen (secondary N) is 4. The summed E-state index contributed by atoms with van der Waals surface area (Å²) in [6.07, 6.45) is -3.35. The van der Waals surface area contributed by atoms with Crippen LogP contribution in [0, 0.1) is 18.8 Å². The van der Waals surface area contributed by atoms with E-state index < -0.39 is 47.8 Å². The van der Waals surface area contributed by atoms with E-state index in [4.69, 9.17) is 20.9 Å². The molecule has 2 heterocycles. The van der Waals surface area contributed by atoms with E-state index in [0.29, 0.717) is 39.3 Å². The number of amides is 4. The van der Waals surface area contributed by atoms with Gasteiger partial charge in [-0.05, 0) is 69.7 Å². The molecule has 0 aliphatic carbocycles.